The van der Waals surface area contributed by atoms with Gasteiger partial charge in [0.25, 0.3) is 0 Å². The molecule has 1 saturated heterocycles. The number of phenols is 1. The molecule has 3 aromatic carbocycles. The second-order valence-electron chi connectivity index (χ2n) is 14.9. The van der Waals surface area contributed by atoms with Gasteiger partial charge in [-0.2, -0.15) is 0 Å². The van der Waals surface area contributed by atoms with E-state index in [1.165, 1.54) is 71.1 Å². The highest BCUT2D eigenvalue weighted by molar-refractivity contribution is 5.98. The molecule has 0 aliphatic carbocycles. The average Bonchev–Trinajstić information content (AvgIpc) is 3.24. The van der Waals surface area contributed by atoms with Gasteiger partial charge in [-0.25, -0.2) is 0 Å². The van der Waals surface area contributed by atoms with Gasteiger partial charge < -0.3 is 51.0 Å². The van der Waals surface area contributed by atoms with E-state index in [4.69, 9.17) is 15.2 Å². The molecule has 4 rings (SSSR count). The Labute approximate surface area is 349 Å². The van der Waals surface area contributed by atoms with Crippen LogP contribution in [0, 0.1) is 0 Å². The molecule has 1 heterocycles. The van der Waals surface area contributed by atoms with Gasteiger partial charge in [-0.05, 0) is 73.4 Å². The van der Waals surface area contributed by atoms with Crippen molar-refractivity contribution < 1.29 is 48.1 Å². The molecule has 0 saturated carbocycles. The highest BCUT2D eigenvalue weighted by atomic mass is 16.5. The topological polar surface area (TPSA) is 230 Å². The number of hydrogen-bond donors (Lipinski definition) is 5. The van der Waals surface area contributed by atoms with Gasteiger partial charge in [0.1, 0.15) is 53.5 Å². The molecular formula is C43H55N7O10. The lowest BCUT2D eigenvalue weighted by molar-refractivity contribution is -0.149. The molecule has 0 unspecified atom stereocenters. The zero-order valence-corrected chi connectivity index (χ0v) is 35.0. The van der Waals surface area contributed by atoms with E-state index in [2.05, 4.69) is 16.0 Å². The van der Waals surface area contributed by atoms with Crippen molar-refractivity contribution in [2.45, 2.75) is 82.2 Å². The summed E-state index contributed by atoms with van der Waals surface area (Å²) in [6.07, 6.45) is -0.590. The first kappa shape index (κ1) is 46.0. The van der Waals surface area contributed by atoms with Crippen LogP contribution < -0.4 is 31.2 Å². The minimum atomic E-state index is -1.36. The second-order valence-corrected chi connectivity index (χ2v) is 14.9. The minimum Gasteiger partial charge on any atom is -0.508 e. The third-order valence-electron chi connectivity index (χ3n) is 10.7. The summed E-state index contributed by atoms with van der Waals surface area (Å²) in [5.41, 5.74) is 7.31. The number of methoxy groups -OCH3 is 2. The molecule has 0 radical (unpaired) electrons. The van der Waals surface area contributed by atoms with Gasteiger partial charge >= 0.3 is 0 Å². The SMILES string of the molecule is COc1ccc(C[C@H]2C(=O)N(C)[C@@H](Cc3ccc(O)cc3)C(=O)N[C@H](C)C(=O)N[C@@H](CCC(N)=O)C(=O)N(C)[C@@H](Cc3ccc(OC)cc3)C(=O)N[C@@H](C)C(=O)N2C)cc1. The Balaban J connectivity index is 1.82. The van der Waals surface area contributed by atoms with Crippen LogP contribution in [0.25, 0.3) is 0 Å². The number of nitrogens with two attached hydrogens (primary N) is 1. The molecule has 322 valence electrons. The number of phenolic OH excluding ortho intramolecular Hbond substituents is 1. The largest absolute Gasteiger partial charge is 0.508 e. The maximum atomic E-state index is 14.7. The Morgan fingerprint density at radius 1 is 0.583 bits per heavy atom. The van der Waals surface area contributed by atoms with Crippen molar-refractivity contribution >= 4 is 41.4 Å². The molecule has 0 aromatic heterocycles. The fourth-order valence-electron chi connectivity index (χ4n) is 6.86. The average molecular weight is 830 g/mol. The van der Waals surface area contributed by atoms with Crippen LogP contribution >= 0.6 is 0 Å². The molecule has 0 spiro atoms. The predicted octanol–water partition coefficient (Wildman–Crippen LogP) is 0.692. The summed E-state index contributed by atoms with van der Waals surface area (Å²) in [5, 5.41) is 17.9. The molecule has 17 nitrogen and oxygen atoms in total. The van der Waals surface area contributed by atoms with Crippen LogP contribution in [0.5, 0.6) is 17.2 Å². The molecule has 7 amide bonds. The van der Waals surface area contributed by atoms with Crippen molar-refractivity contribution in [2.75, 3.05) is 35.4 Å². The lowest BCUT2D eigenvalue weighted by atomic mass is 9.99. The van der Waals surface area contributed by atoms with E-state index < -0.39 is 77.6 Å². The van der Waals surface area contributed by atoms with E-state index in [9.17, 15) is 38.7 Å². The number of hydrogen-bond acceptors (Lipinski definition) is 10. The number of carbonyl (C=O) groups is 7. The Bertz CT molecular complexity index is 2010. The molecule has 1 aliphatic rings. The van der Waals surface area contributed by atoms with Crippen molar-refractivity contribution in [3.8, 4) is 17.2 Å². The van der Waals surface area contributed by atoms with Gasteiger partial charge in [-0.15, -0.1) is 0 Å². The monoisotopic (exact) mass is 829 g/mol. The van der Waals surface area contributed by atoms with E-state index in [1.807, 2.05) is 0 Å². The molecule has 1 aliphatic heterocycles. The third-order valence-corrected chi connectivity index (χ3v) is 10.7. The lowest BCUT2D eigenvalue weighted by Crippen LogP contribution is -2.62. The molecule has 3 aromatic rings. The standard InChI is InChI=1S/C43H55N7O10/c1-25-38(53)47-33(20-21-37(44)52)42(57)48(3)34(23-28-10-16-31(59-6)17-11-28)40(55)46-26(2)41(56)50(5)36(24-29-12-18-32(60-7)19-13-29)43(58)49(4)35(39(54)45-25)22-27-8-14-30(51)15-9-27/h8-19,25-26,33-36,51H,20-24H2,1-7H3,(H2,44,52)(H,45,54)(H,46,55)(H,47,53)/t25-,26+,33+,34+,35+,36+/m1/s1. The number of carbonyl (C=O) groups excluding carboxylic acids is 7. The molecule has 60 heavy (non-hydrogen) atoms. The summed E-state index contributed by atoms with van der Waals surface area (Å²) in [5.74, 6) is -3.82. The van der Waals surface area contributed by atoms with Gasteiger partial charge in [0.15, 0.2) is 0 Å². The number of likely N-dealkylation sites (N-methyl/N-ethyl adjacent to an activating group) is 3. The predicted molar refractivity (Wildman–Crippen MR) is 220 cm³/mol. The normalized spacial score (nSPS) is 22.6. The Kier molecular flexibility index (Phi) is 16.0. The summed E-state index contributed by atoms with van der Waals surface area (Å²) >= 11 is 0. The minimum absolute atomic E-state index is 0.00641. The molecule has 0 bridgehead atoms. The second kappa shape index (κ2) is 20.9. The highest BCUT2D eigenvalue weighted by Crippen LogP contribution is 2.21. The maximum Gasteiger partial charge on any atom is 0.246 e. The van der Waals surface area contributed by atoms with E-state index in [0.717, 1.165) is 4.90 Å². The Hall–Kier alpha value is -6.65. The van der Waals surface area contributed by atoms with E-state index in [0.29, 0.717) is 28.2 Å². The number of ether oxygens (including phenoxy) is 2. The van der Waals surface area contributed by atoms with Crippen LogP contribution in [0.4, 0.5) is 0 Å². The van der Waals surface area contributed by atoms with Crippen molar-refractivity contribution in [1.82, 2.24) is 30.7 Å². The fraction of sp³-hybridized carbons (Fsp3) is 0.419. The number of amides is 7. The van der Waals surface area contributed by atoms with Crippen LogP contribution in [0.15, 0.2) is 72.8 Å². The number of primary amides is 1. The first-order valence-electron chi connectivity index (χ1n) is 19.5. The first-order valence-corrected chi connectivity index (χ1v) is 19.5. The summed E-state index contributed by atoms with van der Waals surface area (Å²) < 4.78 is 10.6. The third kappa shape index (κ3) is 12.0. The van der Waals surface area contributed by atoms with Gasteiger partial charge in [-0.1, -0.05) is 36.4 Å². The van der Waals surface area contributed by atoms with Crippen molar-refractivity contribution in [3.63, 3.8) is 0 Å². The Morgan fingerprint density at radius 3 is 1.43 bits per heavy atom. The lowest BCUT2D eigenvalue weighted by Gasteiger charge is -2.37. The van der Waals surface area contributed by atoms with Gasteiger partial charge in [0.2, 0.25) is 41.4 Å². The quantitative estimate of drug-likeness (QED) is 0.182. The van der Waals surface area contributed by atoms with Gasteiger partial charge in [-0.3, -0.25) is 33.6 Å². The number of nitrogens with zero attached hydrogens (tertiary/aromatic N) is 3. The molecular weight excluding hydrogens is 775 g/mol. The summed E-state index contributed by atoms with van der Waals surface area (Å²) in [6.45, 7) is 2.85. The molecule has 17 heteroatoms. The van der Waals surface area contributed by atoms with Crippen LogP contribution in [0.3, 0.4) is 0 Å². The molecule has 1 fully saturated rings. The Morgan fingerprint density at radius 2 is 0.983 bits per heavy atom. The van der Waals surface area contributed by atoms with E-state index in [1.54, 1.807) is 60.7 Å². The summed E-state index contributed by atoms with van der Waals surface area (Å²) in [4.78, 5) is 101. The van der Waals surface area contributed by atoms with Crippen molar-refractivity contribution in [3.05, 3.63) is 89.5 Å². The van der Waals surface area contributed by atoms with Crippen LogP contribution in [-0.4, -0.2) is 133 Å². The van der Waals surface area contributed by atoms with E-state index in [-0.39, 0.29) is 37.9 Å². The smallest absolute Gasteiger partial charge is 0.246 e. The van der Waals surface area contributed by atoms with Gasteiger partial charge in [0.05, 0.1) is 14.2 Å². The van der Waals surface area contributed by atoms with Crippen LogP contribution in [-0.2, 0) is 52.8 Å². The number of aromatic hydroxyl groups is 1. The van der Waals surface area contributed by atoms with E-state index >= 15 is 0 Å². The molecule has 6 atom stereocenters. The fourth-order valence-corrected chi connectivity index (χ4v) is 6.86. The van der Waals surface area contributed by atoms with Crippen molar-refractivity contribution in [2.24, 2.45) is 5.73 Å². The maximum absolute atomic E-state index is 14.7. The summed E-state index contributed by atoms with van der Waals surface area (Å²) in [7, 11) is 7.24. The number of benzene rings is 3. The summed E-state index contributed by atoms with van der Waals surface area (Å²) in [6, 6.07) is 12.2. The highest BCUT2D eigenvalue weighted by Gasteiger charge is 2.39. The van der Waals surface area contributed by atoms with Crippen molar-refractivity contribution in [1.29, 1.82) is 0 Å². The van der Waals surface area contributed by atoms with Crippen LogP contribution in [0.1, 0.15) is 43.4 Å². The van der Waals surface area contributed by atoms with Gasteiger partial charge in [0, 0.05) is 46.8 Å². The molecule has 6 N–H and O–H groups in total. The van der Waals surface area contributed by atoms with Crippen LogP contribution in [0.2, 0.25) is 0 Å². The zero-order valence-electron chi connectivity index (χ0n) is 35.0. The number of rotatable bonds is 11. The number of nitrogens with one attached hydrogen (secondary N) is 3. The first-order chi connectivity index (χ1) is 28.4. The zero-order chi connectivity index (χ0) is 44.3.